The molecule has 0 fully saturated rings. The second-order valence-corrected chi connectivity index (χ2v) is 4.59. The standard InChI is InChI=1S/C17H18O4/c1-3-20-17(19)14(10-12(2)18)11-16-15-7-5-4-6-13(15)8-9-21-16/h4-9,11,16H,3,10H2,1-2H3/b14-11+/i10D. The summed E-state index contributed by atoms with van der Waals surface area (Å²) in [6.07, 6.45) is 3.07. The van der Waals surface area contributed by atoms with Gasteiger partial charge in [0.2, 0.25) is 0 Å². The Kier molecular flexibility index (Phi) is 4.46. The monoisotopic (exact) mass is 287 g/mol. The number of fused-ring (bicyclic) bond motifs is 1. The van der Waals surface area contributed by atoms with Gasteiger partial charge in [-0.3, -0.25) is 4.79 Å². The highest BCUT2D eigenvalue weighted by Crippen LogP contribution is 2.30. The van der Waals surface area contributed by atoms with Crippen LogP contribution >= 0.6 is 0 Å². The minimum absolute atomic E-state index is 0.00412. The quantitative estimate of drug-likeness (QED) is 0.616. The van der Waals surface area contributed by atoms with Crippen molar-refractivity contribution >= 4 is 17.8 Å². The second kappa shape index (κ2) is 6.88. The normalized spacial score (nSPS) is 19.0. The zero-order valence-corrected chi connectivity index (χ0v) is 12.0. The van der Waals surface area contributed by atoms with Gasteiger partial charge in [-0.25, -0.2) is 4.79 Å². The number of Topliss-reactive ketones (excluding diaryl/α,β-unsaturated/α-hetero) is 1. The van der Waals surface area contributed by atoms with Gasteiger partial charge in [-0.2, -0.15) is 0 Å². The molecule has 2 atom stereocenters. The number of benzene rings is 1. The summed E-state index contributed by atoms with van der Waals surface area (Å²) < 4.78 is 18.4. The third-order valence-corrected chi connectivity index (χ3v) is 2.98. The van der Waals surface area contributed by atoms with Gasteiger partial charge in [0.1, 0.15) is 11.9 Å². The van der Waals surface area contributed by atoms with E-state index < -0.39 is 24.3 Å². The third kappa shape index (κ3) is 3.81. The van der Waals surface area contributed by atoms with Gasteiger partial charge in [-0.15, -0.1) is 0 Å². The van der Waals surface area contributed by atoms with E-state index in [0.29, 0.717) is 0 Å². The zero-order valence-electron chi connectivity index (χ0n) is 13.0. The van der Waals surface area contributed by atoms with Crippen LogP contribution in [0.15, 0.2) is 42.2 Å². The van der Waals surface area contributed by atoms with Crippen molar-refractivity contribution in [1.29, 1.82) is 0 Å². The van der Waals surface area contributed by atoms with Crippen LogP contribution in [-0.4, -0.2) is 18.4 Å². The molecule has 2 unspecified atom stereocenters. The molecule has 4 nitrogen and oxygen atoms in total. The number of hydrogen-bond donors (Lipinski definition) is 0. The molecule has 0 spiro atoms. The van der Waals surface area contributed by atoms with Crippen LogP contribution in [0.4, 0.5) is 0 Å². The molecule has 0 aliphatic carbocycles. The van der Waals surface area contributed by atoms with Crippen LogP contribution in [0.1, 0.15) is 38.8 Å². The molecule has 4 heteroatoms. The van der Waals surface area contributed by atoms with E-state index in [2.05, 4.69) is 0 Å². The number of carbonyl (C=O) groups excluding carboxylic acids is 2. The second-order valence-electron chi connectivity index (χ2n) is 4.59. The lowest BCUT2D eigenvalue weighted by molar-refractivity contribution is -0.139. The van der Waals surface area contributed by atoms with E-state index in [1.54, 1.807) is 13.2 Å². The predicted molar refractivity (Wildman–Crippen MR) is 79.3 cm³/mol. The van der Waals surface area contributed by atoms with Crippen molar-refractivity contribution in [3.8, 4) is 0 Å². The molecule has 1 aromatic rings. The summed E-state index contributed by atoms with van der Waals surface area (Å²) in [5, 5.41) is 0. The van der Waals surface area contributed by atoms with Crippen molar-refractivity contribution in [1.82, 2.24) is 0 Å². The molecule has 1 aromatic carbocycles. The van der Waals surface area contributed by atoms with Crippen molar-refractivity contribution < 1.29 is 20.4 Å². The van der Waals surface area contributed by atoms with Gasteiger partial charge in [0.25, 0.3) is 0 Å². The molecule has 1 aliphatic heterocycles. The Morgan fingerprint density at radius 1 is 1.43 bits per heavy atom. The molecule has 0 N–H and O–H groups in total. The largest absolute Gasteiger partial charge is 0.489 e. The van der Waals surface area contributed by atoms with E-state index in [1.807, 2.05) is 30.3 Å². The first-order valence-electron chi connectivity index (χ1n) is 7.34. The fourth-order valence-corrected chi connectivity index (χ4v) is 2.09. The highest BCUT2D eigenvalue weighted by molar-refractivity contribution is 5.95. The number of carbonyl (C=O) groups is 2. The van der Waals surface area contributed by atoms with Crippen LogP contribution in [0.2, 0.25) is 0 Å². The average molecular weight is 287 g/mol. The molecular formula is C17H18O4. The Hall–Kier alpha value is -2.36. The third-order valence-electron chi connectivity index (χ3n) is 2.98. The minimum atomic E-state index is -1.28. The lowest BCUT2D eigenvalue weighted by atomic mass is 9.97. The van der Waals surface area contributed by atoms with Crippen LogP contribution in [0.5, 0.6) is 0 Å². The van der Waals surface area contributed by atoms with Crippen LogP contribution in [0, 0.1) is 0 Å². The summed E-state index contributed by atoms with van der Waals surface area (Å²) in [6, 6.07) is 7.59. The summed E-state index contributed by atoms with van der Waals surface area (Å²) in [6.45, 7) is 3.14. The number of esters is 1. The Balaban J connectivity index is 2.39. The van der Waals surface area contributed by atoms with Crippen molar-refractivity contribution in [2.24, 2.45) is 0 Å². The first kappa shape index (κ1) is 13.6. The van der Waals surface area contributed by atoms with Gasteiger partial charge in [0.15, 0.2) is 0 Å². The van der Waals surface area contributed by atoms with Crippen LogP contribution in [0.25, 0.3) is 6.08 Å². The summed E-state index contributed by atoms with van der Waals surface area (Å²) in [5.74, 6) is -1.08. The van der Waals surface area contributed by atoms with E-state index in [-0.39, 0.29) is 12.2 Å². The molecule has 0 aromatic heterocycles. The molecular weight excluding hydrogens is 268 g/mol. The molecule has 0 saturated heterocycles. The molecule has 21 heavy (non-hydrogen) atoms. The molecule has 2 rings (SSSR count). The molecule has 110 valence electrons. The smallest absolute Gasteiger partial charge is 0.334 e. The minimum Gasteiger partial charge on any atom is -0.489 e. The van der Waals surface area contributed by atoms with Crippen molar-refractivity contribution in [3.63, 3.8) is 0 Å². The Labute approximate surface area is 125 Å². The van der Waals surface area contributed by atoms with Gasteiger partial charge >= 0.3 is 5.97 Å². The molecule has 0 bridgehead atoms. The van der Waals surface area contributed by atoms with E-state index in [1.165, 1.54) is 13.0 Å². The van der Waals surface area contributed by atoms with E-state index in [4.69, 9.17) is 10.8 Å². The molecule has 0 amide bonds. The van der Waals surface area contributed by atoms with Crippen LogP contribution in [-0.2, 0) is 19.1 Å². The fourth-order valence-electron chi connectivity index (χ4n) is 2.09. The van der Waals surface area contributed by atoms with E-state index in [0.717, 1.165) is 11.1 Å². The number of rotatable bonds is 5. The number of ether oxygens (including phenoxy) is 2. The van der Waals surface area contributed by atoms with Crippen LogP contribution < -0.4 is 0 Å². The number of ketones is 1. The average Bonchev–Trinajstić information content (AvgIpc) is 2.52. The highest BCUT2D eigenvalue weighted by atomic mass is 16.5. The SMILES string of the molecule is [2H]C(C(C)=O)/C(=C\C1OC=Cc2ccccc21)C(=O)OCC. The van der Waals surface area contributed by atoms with Gasteiger partial charge in [-0.05, 0) is 31.6 Å². The van der Waals surface area contributed by atoms with Crippen molar-refractivity contribution in [3.05, 3.63) is 53.3 Å². The van der Waals surface area contributed by atoms with E-state index >= 15 is 0 Å². The van der Waals surface area contributed by atoms with Crippen molar-refractivity contribution in [2.45, 2.75) is 26.3 Å². The first-order valence-corrected chi connectivity index (χ1v) is 6.77. The summed E-state index contributed by atoms with van der Waals surface area (Å²) >= 11 is 0. The van der Waals surface area contributed by atoms with Gasteiger partial charge in [0, 0.05) is 18.9 Å². The summed E-state index contributed by atoms with van der Waals surface area (Å²) in [4.78, 5) is 23.5. The topological polar surface area (TPSA) is 52.6 Å². The summed E-state index contributed by atoms with van der Waals surface area (Å²) in [5.41, 5.74) is 1.86. The lowest BCUT2D eigenvalue weighted by Crippen LogP contribution is -2.13. The maximum absolute atomic E-state index is 12.0. The Morgan fingerprint density at radius 3 is 2.90 bits per heavy atom. The molecule has 1 aliphatic rings. The van der Waals surface area contributed by atoms with E-state index in [9.17, 15) is 9.59 Å². The van der Waals surface area contributed by atoms with Gasteiger partial charge < -0.3 is 9.47 Å². The predicted octanol–water partition coefficient (Wildman–Crippen LogP) is 3.20. The maximum Gasteiger partial charge on any atom is 0.334 e. The van der Waals surface area contributed by atoms with Crippen LogP contribution in [0.3, 0.4) is 0 Å². The lowest BCUT2D eigenvalue weighted by Gasteiger charge is -2.20. The zero-order chi connectivity index (χ0) is 16.1. The Bertz CT molecular complexity index is 633. The number of hydrogen-bond acceptors (Lipinski definition) is 4. The van der Waals surface area contributed by atoms with Gasteiger partial charge in [-0.1, -0.05) is 24.3 Å². The highest BCUT2D eigenvalue weighted by Gasteiger charge is 2.20. The summed E-state index contributed by atoms with van der Waals surface area (Å²) in [7, 11) is 0. The fraction of sp³-hybridized carbons (Fsp3) is 0.294. The molecule has 0 saturated carbocycles. The Morgan fingerprint density at radius 2 is 2.19 bits per heavy atom. The van der Waals surface area contributed by atoms with Gasteiger partial charge in [0.05, 0.1) is 12.9 Å². The van der Waals surface area contributed by atoms with Crippen molar-refractivity contribution in [2.75, 3.05) is 6.61 Å². The maximum atomic E-state index is 12.0. The molecule has 0 radical (unpaired) electrons. The first-order chi connectivity index (χ1) is 10.5. The molecule has 1 heterocycles.